The van der Waals surface area contributed by atoms with Gasteiger partial charge in [-0.15, -0.1) is 0 Å². The average molecular weight is 189 g/mol. The Bertz CT molecular complexity index is 436. The summed E-state index contributed by atoms with van der Waals surface area (Å²) in [6, 6.07) is 3.65. The summed E-state index contributed by atoms with van der Waals surface area (Å²) < 4.78 is 6.82. The summed E-state index contributed by atoms with van der Waals surface area (Å²) in [6.45, 7) is 1.99. The summed E-state index contributed by atoms with van der Waals surface area (Å²) >= 11 is 0. The summed E-state index contributed by atoms with van der Waals surface area (Å²) in [5.74, 6) is 1.54. The van der Waals surface area contributed by atoms with Crippen LogP contribution < -0.4 is 4.74 Å². The fourth-order valence-electron chi connectivity index (χ4n) is 1.19. The van der Waals surface area contributed by atoms with E-state index in [4.69, 9.17) is 4.74 Å². The van der Waals surface area contributed by atoms with Crippen LogP contribution in [0, 0.1) is 6.92 Å². The van der Waals surface area contributed by atoms with Crippen LogP contribution in [0.3, 0.4) is 0 Å². The van der Waals surface area contributed by atoms with E-state index in [0.29, 0.717) is 0 Å². The number of methoxy groups -OCH3 is 1. The van der Waals surface area contributed by atoms with Crippen molar-refractivity contribution in [1.29, 1.82) is 0 Å². The van der Waals surface area contributed by atoms with Gasteiger partial charge in [-0.1, -0.05) is 0 Å². The molecule has 0 bridgehead atoms. The van der Waals surface area contributed by atoms with Gasteiger partial charge in [-0.25, -0.2) is 9.67 Å². The van der Waals surface area contributed by atoms with Crippen LogP contribution in [0.25, 0.3) is 5.82 Å². The second-order valence-electron chi connectivity index (χ2n) is 3.02. The van der Waals surface area contributed by atoms with Crippen LogP contribution in [0.1, 0.15) is 5.56 Å². The van der Waals surface area contributed by atoms with E-state index in [-0.39, 0.29) is 0 Å². The molecule has 4 nitrogen and oxygen atoms in total. The lowest BCUT2D eigenvalue weighted by atomic mass is 10.4. The summed E-state index contributed by atoms with van der Waals surface area (Å²) in [7, 11) is 1.63. The van der Waals surface area contributed by atoms with Crippen LogP contribution in [-0.2, 0) is 0 Å². The minimum Gasteiger partial charge on any atom is -0.497 e. The minimum atomic E-state index is 0.762. The van der Waals surface area contributed by atoms with Crippen molar-refractivity contribution in [2.24, 2.45) is 0 Å². The molecular weight excluding hydrogens is 178 g/mol. The van der Waals surface area contributed by atoms with Crippen molar-refractivity contribution in [2.75, 3.05) is 7.11 Å². The molecule has 0 aliphatic heterocycles. The fraction of sp³-hybridized carbons (Fsp3) is 0.200. The molecule has 2 heterocycles. The molecule has 0 aliphatic rings. The number of nitrogens with zero attached hydrogens (tertiary/aromatic N) is 3. The van der Waals surface area contributed by atoms with E-state index in [1.54, 1.807) is 30.3 Å². The Kier molecular flexibility index (Phi) is 2.18. The van der Waals surface area contributed by atoms with E-state index < -0.39 is 0 Å². The molecule has 0 unspecified atom stereocenters. The molecular formula is C10H11N3O. The molecule has 0 aliphatic carbocycles. The largest absolute Gasteiger partial charge is 0.497 e. The van der Waals surface area contributed by atoms with Gasteiger partial charge in [0.2, 0.25) is 0 Å². The van der Waals surface area contributed by atoms with Gasteiger partial charge >= 0.3 is 0 Å². The first-order chi connectivity index (χ1) is 6.79. The minimum absolute atomic E-state index is 0.762. The molecule has 0 aromatic carbocycles. The van der Waals surface area contributed by atoms with Crippen LogP contribution in [0.5, 0.6) is 5.75 Å². The number of rotatable bonds is 2. The van der Waals surface area contributed by atoms with Gasteiger partial charge in [0.1, 0.15) is 5.75 Å². The number of hydrogen-bond donors (Lipinski definition) is 0. The lowest BCUT2D eigenvalue weighted by Crippen LogP contribution is -1.97. The highest BCUT2D eigenvalue weighted by Crippen LogP contribution is 2.13. The second-order valence-corrected chi connectivity index (χ2v) is 3.02. The van der Waals surface area contributed by atoms with Gasteiger partial charge < -0.3 is 4.74 Å². The maximum Gasteiger partial charge on any atom is 0.156 e. The van der Waals surface area contributed by atoms with Crippen LogP contribution in [-0.4, -0.2) is 21.9 Å². The molecule has 0 N–H and O–H groups in total. The Balaban J connectivity index is 2.41. The first kappa shape index (κ1) is 8.74. The van der Waals surface area contributed by atoms with Crippen molar-refractivity contribution >= 4 is 0 Å². The highest BCUT2D eigenvalue weighted by Gasteiger charge is 2.00. The van der Waals surface area contributed by atoms with Gasteiger partial charge in [-0.3, -0.25) is 0 Å². The summed E-state index contributed by atoms with van der Waals surface area (Å²) in [5, 5.41) is 4.16. The fourth-order valence-corrected chi connectivity index (χ4v) is 1.19. The lowest BCUT2D eigenvalue weighted by Gasteiger charge is -2.02. The van der Waals surface area contributed by atoms with E-state index >= 15 is 0 Å². The molecule has 2 aromatic rings. The predicted molar refractivity (Wildman–Crippen MR) is 52.6 cm³/mol. The summed E-state index contributed by atoms with van der Waals surface area (Å²) in [4.78, 5) is 4.19. The number of aryl methyl sites for hydroxylation is 1. The molecule has 14 heavy (non-hydrogen) atoms. The first-order valence-corrected chi connectivity index (χ1v) is 4.31. The maximum absolute atomic E-state index is 5.10. The van der Waals surface area contributed by atoms with Gasteiger partial charge in [0.05, 0.1) is 13.3 Å². The number of hydrogen-bond acceptors (Lipinski definition) is 3. The highest BCUT2D eigenvalue weighted by atomic mass is 16.5. The average Bonchev–Trinajstić information content (AvgIpc) is 2.65. The normalized spacial score (nSPS) is 10.1. The molecule has 2 aromatic heterocycles. The Morgan fingerprint density at radius 2 is 2.29 bits per heavy atom. The number of pyridine rings is 1. The molecule has 4 heteroatoms. The molecule has 72 valence electrons. The third-order valence-corrected chi connectivity index (χ3v) is 1.90. The molecule has 0 saturated heterocycles. The van der Waals surface area contributed by atoms with Crippen LogP contribution in [0.15, 0.2) is 30.7 Å². The third kappa shape index (κ3) is 1.59. The lowest BCUT2D eigenvalue weighted by molar-refractivity contribution is 0.414. The van der Waals surface area contributed by atoms with E-state index in [0.717, 1.165) is 17.1 Å². The van der Waals surface area contributed by atoms with E-state index in [2.05, 4.69) is 10.1 Å². The van der Waals surface area contributed by atoms with E-state index in [1.807, 2.05) is 19.2 Å². The summed E-state index contributed by atoms with van der Waals surface area (Å²) in [5.41, 5.74) is 1.11. The van der Waals surface area contributed by atoms with E-state index in [1.165, 1.54) is 0 Å². The quantitative estimate of drug-likeness (QED) is 0.720. The Morgan fingerprint density at radius 3 is 2.93 bits per heavy atom. The van der Waals surface area contributed by atoms with Gasteiger partial charge in [-0.05, 0) is 18.6 Å². The van der Waals surface area contributed by atoms with Gasteiger partial charge in [-0.2, -0.15) is 5.10 Å². The molecule has 0 saturated carbocycles. The Morgan fingerprint density at radius 1 is 1.43 bits per heavy atom. The van der Waals surface area contributed by atoms with Gasteiger partial charge in [0.25, 0.3) is 0 Å². The zero-order valence-electron chi connectivity index (χ0n) is 8.14. The maximum atomic E-state index is 5.10. The molecule has 0 amide bonds. The molecule has 0 spiro atoms. The van der Waals surface area contributed by atoms with Crippen molar-refractivity contribution in [1.82, 2.24) is 14.8 Å². The second kappa shape index (κ2) is 3.49. The predicted octanol–water partition coefficient (Wildman–Crippen LogP) is 1.58. The molecule has 0 atom stereocenters. The van der Waals surface area contributed by atoms with Crippen molar-refractivity contribution in [3.63, 3.8) is 0 Å². The van der Waals surface area contributed by atoms with Crippen molar-refractivity contribution in [3.8, 4) is 11.6 Å². The van der Waals surface area contributed by atoms with Crippen LogP contribution in [0.2, 0.25) is 0 Å². The highest BCUT2D eigenvalue weighted by molar-refractivity contribution is 5.31. The standard InChI is InChI=1S/C10H11N3O/c1-8-6-12-13(7-8)10-5-9(14-2)3-4-11-10/h3-7H,1-2H3. The SMILES string of the molecule is COc1ccnc(-n2cc(C)cn2)c1. The van der Waals surface area contributed by atoms with Crippen molar-refractivity contribution in [2.45, 2.75) is 6.92 Å². The van der Waals surface area contributed by atoms with Crippen LogP contribution >= 0.6 is 0 Å². The monoisotopic (exact) mass is 189 g/mol. The number of aromatic nitrogens is 3. The topological polar surface area (TPSA) is 39.9 Å². The van der Waals surface area contributed by atoms with Crippen LogP contribution in [0.4, 0.5) is 0 Å². The molecule has 2 rings (SSSR count). The zero-order chi connectivity index (χ0) is 9.97. The van der Waals surface area contributed by atoms with Gasteiger partial charge in [0, 0.05) is 18.5 Å². The van der Waals surface area contributed by atoms with Crippen molar-refractivity contribution < 1.29 is 4.74 Å². The Hall–Kier alpha value is -1.84. The first-order valence-electron chi connectivity index (χ1n) is 4.31. The molecule has 0 radical (unpaired) electrons. The number of ether oxygens (including phenoxy) is 1. The smallest absolute Gasteiger partial charge is 0.156 e. The summed E-state index contributed by atoms with van der Waals surface area (Å²) in [6.07, 6.45) is 5.41. The van der Waals surface area contributed by atoms with Crippen molar-refractivity contribution in [3.05, 3.63) is 36.3 Å². The third-order valence-electron chi connectivity index (χ3n) is 1.90. The van der Waals surface area contributed by atoms with E-state index in [9.17, 15) is 0 Å². The Labute approximate surface area is 82.2 Å². The zero-order valence-corrected chi connectivity index (χ0v) is 8.14. The van der Waals surface area contributed by atoms with Gasteiger partial charge in [0.15, 0.2) is 5.82 Å². The molecule has 0 fully saturated rings.